The number of carbonyl (C=O) groups is 1. The smallest absolute Gasteiger partial charge is 0.211 e. The summed E-state index contributed by atoms with van der Waals surface area (Å²) in [6, 6.07) is 19.2. The number of hydrogen-bond acceptors (Lipinski definition) is 3. The highest BCUT2D eigenvalue weighted by Crippen LogP contribution is 2.17. The molecule has 0 fully saturated rings. The van der Waals surface area contributed by atoms with Crippen LogP contribution in [0.5, 0.6) is 5.75 Å². The van der Waals surface area contributed by atoms with Crippen molar-refractivity contribution in [3.8, 4) is 5.75 Å². The molecule has 4 heteroatoms. The van der Waals surface area contributed by atoms with E-state index in [2.05, 4.69) is 10.3 Å². The number of aromatic nitrogens is 1. The monoisotopic (exact) mass is 278 g/mol. The van der Waals surface area contributed by atoms with Crippen LogP contribution in [0.4, 0.5) is 5.69 Å². The van der Waals surface area contributed by atoms with E-state index in [1.807, 2.05) is 48.5 Å². The molecular formula is C17H14N2O2. The van der Waals surface area contributed by atoms with Gasteiger partial charge < -0.3 is 10.1 Å². The molecule has 0 aliphatic carbocycles. The van der Waals surface area contributed by atoms with E-state index >= 15 is 0 Å². The molecule has 0 saturated heterocycles. The molecule has 104 valence electrons. The first kappa shape index (κ1) is 13.1. The van der Waals surface area contributed by atoms with Crippen LogP contribution in [0.25, 0.3) is 10.9 Å². The number of anilines is 1. The molecule has 0 aliphatic rings. The average Bonchev–Trinajstić information content (AvgIpc) is 2.54. The van der Waals surface area contributed by atoms with E-state index in [9.17, 15) is 4.79 Å². The Morgan fingerprint density at radius 2 is 1.81 bits per heavy atom. The Bertz CT molecular complexity index is 754. The SMILES string of the molecule is O=CNc1ccc(OCc2ccc3ccccc3n2)cc1. The molecule has 21 heavy (non-hydrogen) atoms. The second-order valence-corrected chi connectivity index (χ2v) is 4.57. The third-order valence-corrected chi connectivity index (χ3v) is 3.12. The fourth-order valence-corrected chi connectivity index (χ4v) is 2.06. The van der Waals surface area contributed by atoms with Gasteiger partial charge in [0, 0.05) is 11.1 Å². The predicted octanol–water partition coefficient (Wildman–Crippen LogP) is 3.38. The quantitative estimate of drug-likeness (QED) is 0.728. The van der Waals surface area contributed by atoms with Crippen LogP contribution in [0.15, 0.2) is 60.7 Å². The Labute approximate surface area is 122 Å². The van der Waals surface area contributed by atoms with Crippen LogP contribution in [-0.4, -0.2) is 11.4 Å². The minimum atomic E-state index is 0.408. The van der Waals surface area contributed by atoms with E-state index in [1.165, 1.54) is 0 Å². The summed E-state index contributed by atoms with van der Waals surface area (Å²) in [5.41, 5.74) is 2.58. The zero-order valence-electron chi connectivity index (χ0n) is 11.3. The van der Waals surface area contributed by atoms with Crippen molar-refractivity contribution in [2.75, 3.05) is 5.32 Å². The van der Waals surface area contributed by atoms with Crippen LogP contribution < -0.4 is 10.1 Å². The molecule has 2 aromatic carbocycles. The van der Waals surface area contributed by atoms with E-state index in [0.29, 0.717) is 13.0 Å². The number of pyridine rings is 1. The van der Waals surface area contributed by atoms with Gasteiger partial charge in [0.25, 0.3) is 0 Å². The summed E-state index contributed by atoms with van der Waals surface area (Å²) in [6.45, 7) is 0.408. The maximum Gasteiger partial charge on any atom is 0.211 e. The Morgan fingerprint density at radius 3 is 2.62 bits per heavy atom. The Morgan fingerprint density at radius 1 is 1.00 bits per heavy atom. The number of carbonyl (C=O) groups excluding carboxylic acids is 1. The van der Waals surface area contributed by atoms with E-state index in [4.69, 9.17) is 4.74 Å². The van der Waals surface area contributed by atoms with Crippen molar-refractivity contribution in [1.82, 2.24) is 4.98 Å². The highest BCUT2D eigenvalue weighted by Gasteiger charge is 2.00. The summed E-state index contributed by atoms with van der Waals surface area (Å²) in [5.74, 6) is 0.737. The first-order chi connectivity index (χ1) is 10.3. The summed E-state index contributed by atoms with van der Waals surface area (Å²) in [5, 5.41) is 3.70. The van der Waals surface area contributed by atoms with Gasteiger partial charge in [-0.25, -0.2) is 4.98 Å². The number of benzene rings is 2. The molecule has 0 bridgehead atoms. The molecule has 1 N–H and O–H groups in total. The third-order valence-electron chi connectivity index (χ3n) is 3.12. The Hall–Kier alpha value is -2.88. The molecular weight excluding hydrogens is 264 g/mol. The predicted molar refractivity (Wildman–Crippen MR) is 82.2 cm³/mol. The Kier molecular flexibility index (Phi) is 3.78. The molecule has 1 heterocycles. The largest absolute Gasteiger partial charge is 0.487 e. The minimum Gasteiger partial charge on any atom is -0.487 e. The molecule has 0 spiro atoms. The van der Waals surface area contributed by atoms with Crippen LogP contribution in [0.1, 0.15) is 5.69 Å². The molecule has 0 aliphatic heterocycles. The van der Waals surface area contributed by atoms with E-state index in [0.717, 1.165) is 28.0 Å². The fraction of sp³-hybridized carbons (Fsp3) is 0.0588. The second kappa shape index (κ2) is 6.05. The standard InChI is InChI=1S/C17H14N2O2/c20-12-18-14-7-9-16(10-8-14)21-11-15-6-5-13-3-1-2-4-17(13)19-15/h1-10,12H,11H2,(H,18,20). The van der Waals surface area contributed by atoms with Crippen LogP contribution in [0.2, 0.25) is 0 Å². The number of ether oxygens (including phenoxy) is 1. The van der Waals surface area contributed by atoms with E-state index < -0.39 is 0 Å². The molecule has 0 atom stereocenters. The van der Waals surface area contributed by atoms with Gasteiger partial charge in [-0.05, 0) is 36.4 Å². The zero-order valence-corrected chi connectivity index (χ0v) is 11.3. The van der Waals surface area contributed by atoms with Crippen molar-refractivity contribution in [3.05, 3.63) is 66.4 Å². The molecule has 4 nitrogen and oxygen atoms in total. The zero-order chi connectivity index (χ0) is 14.5. The summed E-state index contributed by atoms with van der Waals surface area (Å²) in [4.78, 5) is 14.9. The number of rotatable bonds is 5. The highest BCUT2D eigenvalue weighted by atomic mass is 16.5. The van der Waals surface area contributed by atoms with Gasteiger partial charge in [-0.3, -0.25) is 4.79 Å². The number of nitrogens with one attached hydrogen (secondary N) is 1. The van der Waals surface area contributed by atoms with Gasteiger partial charge >= 0.3 is 0 Å². The van der Waals surface area contributed by atoms with E-state index in [1.54, 1.807) is 12.1 Å². The average molecular weight is 278 g/mol. The summed E-state index contributed by atoms with van der Waals surface area (Å²) >= 11 is 0. The van der Waals surface area contributed by atoms with Gasteiger partial charge in [0.15, 0.2) is 0 Å². The van der Waals surface area contributed by atoms with Crippen molar-refractivity contribution in [1.29, 1.82) is 0 Å². The molecule has 3 rings (SSSR count). The summed E-state index contributed by atoms with van der Waals surface area (Å²) < 4.78 is 5.70. The lowest BCUT2D eigenvalue weighted by Crippen LogP contribution is -1.99. The lowest BCUT2D eigenvalue weighted by Gasteiger charge is -2.07. The molecule has 0 unspecified atom stereocenters. The van der Waals surface area contributed by atoms with Gasteiger partial charge in [0.1, 0.15) is 12.4 Å². The second-order valence-electron chi connectivity index (χ2n) is 4.57. The number of para-hydroxylation sites is 1. The van der Waals surface area contributed by atoms with Crippen molar-refractivity contribution in [2.24, 2.45) is 0 Å². The lowest BCUT2D eigenvalue weighted by atomic mass is 10.2. The fourth-order valence-electron chi connectivity index (χ4n) is 2.06. The van der Waals surface area contributed by atoms with Crippen LogP contribution >= 0.6 is 0 Å². The molecule has 1 amide bonds. The maximum atomic E-state index is 10.3. The van der Waals surface area contributed by atoms with Crippen LogP contribution in [0, 0.1) is 0 Å². The maximum absolute atomic E-state index is 10.3. The molecule has 3 aromatic rings. The molecule has 1 aromatic heterocycles. The Balaban J connectivity index is 1.69. The van der Waals surface area contributed by atoms with Crippen molar-refractivity contribution in [2.45, 2.75) is 6.61 Å². The molecule has 0 saturated carbocycles. The van der Waals surface area contributed by atoms with Crippen LogP contribution in [-0.2, 0) is 11.4 Å². The van der Waals surface area contributed by atoms with Gasteiger partial charge in [-0.1, -0.05) is 24.3 Å². The number of amides is 1. The summed E-state index contributed by atoms with van der Waals surface area (Å²) in [7, 11) is 0. The van der Waals surface area contributed by atoms with Gasteiger partial charge in [-0.2, -0.15) is 0 Å². The van der Waals surface area contributed by atoms with E-state index in [-0.39, 0.29) is 0 Å². The first-order valence-corrected chi connectivity index (χ1v) is 6.63. The lowest BCUT2D eigenvalue weighted by molar-refractivity contribution is -0.105. The number of hydrogen-bond donors (Lipinski definition) is 1. The van der Waals surface area contributed by atoms with Crippen molar-refractivity contribution < 1.29 is 9.53 Å². The summed E-state index contributed by atoms with van der Waals surface area (Å²) in [6.07, 6.45) is 0.648. The first-order valence-electron chi connectivity index (χ1n) is 6.63. The van der Waals surface area contributed by atoms with Gasteiger partial charge in [-0.15, -0.1) is 0 Å². The van der Waals surface area contributed by atoms with Crippen LogP contribution in [0.3, 0.4) is 0 Å². The third kappa shape index (κ3) is 3.17. The van der Waals surface area contributed by atoms with Crippen molar-refractivity contribution >= 4 is 23.0 Å². The van der Waals surface area contributed by atoms with Crippen molar-refractivity contribution in [3.63, 3.8) is 0 Å². The topological polar surface area (TPSA) is 51.2 Å². The minimum absolute atomic E-state index is 0.408. The number of fused-ring (bicyclic) bond motifs is 1. The van der Waals surface area contributed by atoms with Gasteiger partial charge in [0.2, 0.25) is 6.41 Å². The highest BCUT2D eigenvalue weighted by molar-refractivity contribution is 5.78. The molecule has 0 radical (unpaired) electrons. The van der Waals surface area contributed by atoms with Gasteiger partial charge in [0.05, 0.1) is 11.2 Å². The normalized spacial score (nSPS) is 10.3. The number of nitrogens with zero attached hydrogens (tertiary/aromatic N) is 1.